The van der Waals surface area contributed by atoms with E-state index in [0.29, 0.717) is 5.69 Å². The second-order valence-corrected chi connectivity index (χ2v) is 2.81. The first-order chi connectivity index (χ1) is 5.68. The molecule has 5 nitrogen and oxygen atoms in total. The van der Waals surface area contributed by atoms with E-state index < -0.39 is 6.23 Å². The maximum Gasteiger partial charge on any atom is 0.269 e. The first-order valence-corrected chi connectivity index (χ1v) is 3.71. The molecule has 1 aromatic rings. The first-order valence-electron chi connectivity index (χ1n) is 3.71. The van der Waals surface area contributed by atoms with E-state index in [9.17, 15) is 9.90 Å². The second-order valence-electron chi connectivity index (χ2n) is 2.81. The summed E-state index contributed by atoms with van der Waals surface area (Å²) < 4.78 is 1.34. The zero-order valence-electron chi connectivity index (χ0n) is 6.61. The highest BCUT2D eigenvalue weighted by atomic mass is 16.3. The van der Waals surface area contributed by atoms with Gasteiger partial charge in [0.25, 0.3) is 5.91 Å². The van der Waals surface area contributed by atoms with Crippen LogP contribution in [0.25, 0.3) is 0 Å². The smallest absolute Gasteiger partial charge is 0.269 e. The van der Waals surface area contributed by atoms with Crippen molar-refractivity contribution in [2.45, 2.75) is 13.2 Å². The molecule has 2 heterocycles. The van der Waals surface area contributed by atoms with E-state index >= 15 is 0 Å². The monoisotopic (exact) mass is 167 g/mol. The Morgan fingerprint density at radius 3 is 3.25 bits per heavy atom. The van der Waals surface area contributed by atoms with Crippen molar-refractivity contribution in [2.24, 2.45) is 0 Å². The standard InChI is InChI=1S/C7H9N3O2/c1-4-2-5-7(12)8-3-6(11)10(5)9-4/h2,6,11H,3H2,1H3,(H,8,12)/t6-/m0/s1. The Labute approximate surface area is 69.0 Å². The van der Waals surface area contributed by atoms with Gasteiger partial charge in [-0.15, -0.1) is 0 Å². The number of aromatic nitrogens is 2. The summed E-state index contributed by atoms with van der Waals surface area (Å²) in [6, 6.07) is 1.65. The molecule has 0 bridgehead atoms. The molecule has 1 aromatic heterocycles. The van der Waals surface area contributed by atoms with Crippen LogP contribution in [0, 0.1) is 6.92 Å². The summed E-state index contributed by atoms with van der Waals surface area (Å²) in [7, 11) is 0. The molecule has 1 aliphatic heterocycles. The average Bonchev–Trinajstić information content (AvgIpc) is 2.41. The third kappa shape index (κ3) is 0.902. The molecule has 0 aromatic carbocycles. The normalized spacial score (nSPS) is 21.8. The molecule has 0 spiro atoms. The van der Waals surface area contributed by atoms with Crippen molar-refractivity contribution in [3.05, 3.63) is 17.5 Å². The molecule has 0 radical (unpaired) electrons. The van der Waals surface area contributed by atoms with Crippen molar-refractivity contribution in [1.29, 1.82) is 0 Å². The lowest BCUT2D eigenvalue weighted by molar-refractivity contribution is 0.0591. The van der Waals surface area contributed by atoms with E-state index in [1.54, 1.807) is 13.0 Å². The van der Waals surface area contributed by atoms with Gasteiger partial charge in [-0.25, -0.2) is 4.68 Å². The number of aryl methyl sites for hydroxylation is 1. The van der Waals surface area contributed by atoms with Crippen molar-refractivity contribution >= 4 is 5.91 Å². The van der Waals surface area contributed by atoms with Crippen molar-refractivity contribution in [1.82, 2.24) is 15.1 Å². The Kier molecular flexibility index (Phi) is 1.41. The fourth-order valence-corrected chi connectivity index (χ4v) is 1.27. The fraction of sp³-hybridized carbons (Fsp3) is 0.429. The van der Waals surface area contributed by atoms with Crippen molar-refractivity contribution in [2.75, 3.05) is 6.54 Å². The molecule has 12 heavy (non-hydrogen) atoms. The van der Waals surface area contributed by atoms with Crippen LogP contribution < -0.4 is 5.32 Å². The van der Waals surface area contributed by atoms with Crippen LogP contribution in [0.4, 0.5) is 0 Å². The van der Waals surface area contributed by atoms with Gasteiger partial charge < -0.3 is 10.4 Å². The minimum atomic E-state index is -0.730. The molecule has 2 N–H and O–H groups in total. The summed E-state index contributed by atoms with van der Waals surface area (Å²) in [6.07, 6.45) is -0.730. The highest BCUT2D eigenvalue weighted by Gasteiger charge is 2.24. The molecule has 0 unspecified atom stereocenters. The number of rotatable bonds is 0. The predicted molar refractivity (Wildman–Crippen MR) is 40.6 cm³/mol. The van der Waals surface area contributed by atoms with E-state index in [2.05, 4.69) is 10.4 Å². The van der Waals surface area contributed by atoms with Crippen LogP contribution in [0.15, 0.2) is 6.07 Å². The molecule has 2 rings (SSSR count). The first kappa shape index (κ1) is 7.30. The summed E-state index contributed by atoms with van der Waals surface area (Å²) >= 11 is 0. The number of nitrogens with one attached hydrogen (secondary N) is 1. The van der Waals surface area contributed by atoms with Gasteiger partial charge in [-0.1, -0.05) is 0 Å². The third-order valence-corrected chi connectivity index (χ3v) is 1.82. The number of carbonyl (C=O) groups is 1. The number of aliphatic hydroxyl groups excluding tert-OH is 1. The maximum atomic E-state index is 11.2. The lowest BCUT2D eigenvalue weighted by Crippen LogP contribution is -2.39. The molecule has 0 aliphatic carbocycles. The number of hydrogen-bond acceptors (Lipinski definition) is 3. The number of carbonyl (C=O) groups excluding carboxylic acids is 1. The van der Waals surface area contributed by atoms with Gasteiger partial charge >= 0.3 is 0 Å². The van der Waals surface area contributed by atoms with Crippen molar-refractivity contribution < 1.29 is 9.90 Å². The number of hydrogen-bond donors (Lipinski definition) is 2. The molecule has 1 atom stereocenters. The van der Waals surface area contributed by atoms with Crippen LogP contribution in [-0.2, 0) is 0 Å². The number of amides is 1. The Balaban J connectivity index is 2.54. The summed E-state index contributed by atoms with van der Waals surface area (Å²) in [5, 5.41) is 15.9. The van der Waals surface area contributed by atoms with Gasteiger partial charge in [-0.3, -0.25) is 4.79 Å². The second kappa shape index (κ2) is 2.31. The van der Waals surface area contributed by atoms with Gasteiger partial charge in [0.15, 0.2) is 6.23 Å². The largest absolute Gasteiger partial charge is 0.370 e. The molecule has 0 saturated carbocycles. The number of fused-ring (bicyclic) bond motifs is 1. The molecular formula is C7H9N3O2. The van der Waals surface area contributed by atoms with E-state index in [0.717, 1.165) is 5.69 Å². The molecular weight excluding hydrogens is 158 g/mol. The zero-order chi connectivity index (χ0) is 8.72. The van der Waals surface area contributed by atoms with Crippen molar-refractivity contribution in [3.63, 3.8) is 0 Å². The molecule has 1 amide bonds. The zero-order valence-corrected chi connectivity index (χ0v) is 6.61. The molecule has 64 valence electrons. The molecule has 0 saturated heterocycles. The quantitative estimate of drug-likeness (QED) is 0.543. The van der Waals surface area contributed by atoms with Crippen molar-refractivity contribution in [3.8, 4) is 0 Å². The molecule has 0 fully saturated rings. The molecule has 5 heteroatoms. The minimum absolute atomic E-state index is 0.180. The summed E-state index contributed by atoms with van der Waals surface area (Å²) in [5.74, 6) is -0.180. The number of aliphatic hydroxyl groups is 1. The van der Waals surface area contributed by atoms with Crippen LogP contribution in [0.2, 0.25) is 0 Å². The Bertz CT molecular complexity index is 331. The third-order valence-electron chi connectivity index (χ3n) is 1.82. The van der Waals surface area contributed by atoms with Crippen LogP contribution in [0.5, 0.6) is 0 Å². The van der Waals surface area contributed by atoms with Crippen LogP contribution in [0.1, 0.15) is 22.4 Å². The SMILES string of the molecule is Cc1cc2n(n1)[C@@H](O)CNC2=O. The number of nitrogens with zero attached hydrogens (tertiary/aromatic N) is 2. The van der Waals surface area contributed by atoms with E-state index in [4.69, 9.17) is 0 Å². The Hall–Kier alpha value is -1.36. The van der Waals surface area contributed by atoms with Gasteiger partial charge in [0.1, 0.15) is 5.69 Å². The number of β-amino-alcohol motifs (C(OH)–C–C–N with tert-alkyl or cyclic N) is 1. The van der Waals surface area contributed by atoms with Crippen LogP contribution in [-0.4, -0.2) is 27.3 Å². The van der Waals surface area contributed by atoms with Crippen LogP contribution in [0.3, 0.4) is 0 Å². The summed E-state index contributed by atoms with van der Waals surface area (Å²) in [5.41, 5.74) is 1.16. The average molecular weight is 167 g/mol. The van der Waals surface area contributed by atoms with Gasteiger partial charge in [-0.2, -0.15) is 5.10 Å². The molecule has 1 aliphatic rings. The van der Waals surface area contributed by atoms with Gasteiger partial charge in [-0.05, 0) is 13.0 Å². The van der Waals surface area contributed by atoms with Gasteiger partial charge in [0, 0.05) is 0 Å². The fourth-order valence-electron chi connectivity index (χ4n) is 1.27. The highest BCUT2D eigenvalue weighted by Crippen LogP contribution is 2.12. The highest BCUT2D eigenvalue weighted by molar-refractivity contribution is 5.93. The Morgan fingerprint density at radius 2 is 2.58 bits per heavy atom. The Morgan fingerprint density at radius 1 is 1.83 bits per heavy atom. The summed E-state index contributed by atoms with van der Waals surface area (Å²) in [4.78, 5) is 11.2. The lowest BCUT2D eigenvalue weighted by Gasteiger charge is -2.19. The lowest BCUT2D eigenvalue weighted by atomic mass is 10.3. The maximum absolute atomic E-state index is 11.2. The minimum Gasteiger partial charge on any atom is -0.370 e. The van der Waals surface area contributed by atoms with Gasteiger partial charge in [0.2, 0.25) is 0 Å². The van der Waals surface area contributed by atoms with Crippen LogP contribution >= 0.6 is 0 Å². The summed E-state index contributed by atoms with van der Waals surface area (Å²) in [6.45, 7) is 2.01. The van der Waals surface area contributed by atoms with E-state index in [-0.39, 0.29) is 12.5 Å². The topological polar surface area (TPSA) is 67.2 Å². The van der Waals surface area contributed by atoms with E-state index in [1.807, 2.05) is 0 Å². The van der Waals surface area contributed by atoms with E-state index in [1.165, 1.54) is 4.68 Å². The van der Waals surface area contributed by atoms with Gasteiger partial charge in [0.05, 0.1) is 12.2 Å². The predicted octanol–water partition coefficient (Wildman–Crippen LogP) is -0.574.